The lowest BCUT2D eigenvalue weighted by atomic mass is 9.88. The van der Waals surface area contributed by atoms with Gasteiger partial charge in [-0.05, 0) is 25.7 Å². The zero-order valence-corrected chi connectivity index (χ0v) is 11.1. The van der Waals surface area contributed by atoms with Gasteiger partial charge in [-0.15, -0.1) is 0 Å². The van der Waals surface area contributed by atoms with E-state index in [-0.39, 0.29) is 6.10 Å². The Hall–Kier alpha value is -1.10. The lowest BCUT2D eigenvalue weighted by Crippen LogP contribution is -2.36. The molecule has 0 aromatic rings. The second kappa shape index (κ2) is 7.36. The van der Waals surface area contributed by atoms with Crippen molar-refractivity contribution in [2.45, 2.75) is 45.6 Å². The zero-order chi connectivity index (χ0) is 13.5. The van der Waals surface area contributed by atoms with E-state index in [9.17, 15) is 9.59 Å². The van der Waals surface area contributed by atoms with Crippen LogP contribution in [0, 0.1) is 11.8 Å². The van der Waals surface area contributed by atoms with E-state index >= 15 is 0 Å². The molecule has 1 fully saturated rings. The third-order valence-corrected chi connectivity index (χ3v) is 3.53. The van der Waals surface area contributed by atoms with Gasteiger partial charge in [-0.1, -0.05) is 19.8 Å². The van der Waals surface area contributed by atoms with E-state index in [1.54, 1.807) is 0 Å². The second-order valence-corrected chi connectivity index (χ2v) is 5.02. The van der Waals surface area contributed by atoms with E-state index in [0.717, 1.165) is 6.42 Å². The highest BCUT2D eigenvalue weighted by molar-refractivity contribution is 5.96. The van der Waals surface area contributed by atoms with Crippen molar-refractivity contribution in [1.29, 1.82) is 0 Å². The van der Waals surface area contributed by atoms with Gasteiger partial charge in [-0.25, -0.2) is 0 Å². The molecule has 0 aromatic carbocycles. The maximum absolute atomic E-state index is 11.4. The lowest BCUT2D eigenvalue weighted by molar-refractivity contribution is -0.146. The summed E-state index contributed by atoms with van der Waals surface area (Å²) in [4.78, 5) is 21.9. The zero-order valence-electron chi connectivity index (χ0n) is 11.1. The summed E-state index contributed by atoms with van der Waals surface area (Å²) in [6.45, 7) is 4.39. The van der Waals surface area contributed by atoms with E-state index in [0.29, 0.717) is 19.1 Å². The molecule has 0 aliphatic heterocycles. The fraction of sp³-hybridized carbons (Fsp3) is 0.846. The summed E-state index contributed by atoms with van der Waals surface area (Å²) in [5.74, 6) is -1.98. The van der Waals surface area contributed by atoms with Gasteiger partial charge in [-0.3, -0.25) is 9.59 Å². The molecule has 1 aliphatic rings. The Morgan fingerprint density at radius 3 is 2.67 bits per heavy atom. The highest BCUT2D eigenvalue weighted by Crippen LogP contribution is 2.25. The molecule has 0 saturated heterocycles. The number of carboxylic acids is 1. The van der Waals surface area contributed by atoms with Crippen molar-refractivity contribution < 1.29 is 19.4 Å². The van der Waals surface area contributed by atoms with Gasteiger partial charge in [0.25, 0.3) is 0 Å². The number of hydrogen-bond acceptors (Lipinski definition) is 3. The molecular weight excluding hydrogens is 234 g/mol. The molecule has 3 unspecified atom stereocenters. The molecule has 5 heteroatoms. The molecule has 0 bridgehead atoms. The van der Waals surface area contributed by atoms with Gasteiger partial charge < -0.3 is 15.2 Å². The molecule has 0 aromatic heterocycles. The monoisotopic (exact) mass is 257 g/mol. The molecule has 1 amide bonds. The summed E-state index contributed by atoms with van der Waals surface area (Å²) >= 11 is 0. The van der Waals surface area contributed by atoms with Crippen LogP contribution in [-0.4, -0.2) is 36.2 Å². The quantitative estimate of drug-likeness (QED) is 0.557. The van der Waals surface area contributed by atoms with Gasteiger partial charge in [-0.2, -0.15) is 0 Å². The SMILES string of the molecule is CC(C(=O)O)C(=O)NCCOC1CCCCC1C. The Morgan fingerprint density at radius 2 is 2.06 bits per heavy atom. The van der Waals surface area contributed by atoms with Crippen molar-refractivity contribution in [3.05, 3.63) is 0 Å². The molecule has 2 N–H and O–H groups in total. The average molecular weight is 257 g/mol. The third-order valence-electron chi connectivity index (χ3n) is 3.53. The van der Waals surface area contributed by atoms with Crippen LogP contribution in [-0.2, 0) is 14.3 Å². The van der Waals surface area contributed by atoms with Crippen LogP contribution < -0.4 is 5.32 Å². The highest BCUT2D eigenvalue weighted by Gasteiger charge is 2.22. The fourth-order valence-electron chi connectivity index (χ4n) is 2.18. The van der Waals surface area contributed by atoms with Crippen LogP contribution in [0.25, 0.3) is 0 Å². The first-order chi connectivity index (χ1) is 8.52. The van der Waals surface area contributed by atoms with E-state index in [2.05, 4.69) is 12.2 Å². The van der Waals surface area contributed by atoms with E-state index in [1.165, 1.54) is 26.2 Å². The first-order valence-corrected chi connectivity index (χ1v) is 6.64. The van der Waals surface area contributed by atoms with Crippen molar-refractivity contribution in [2.24, 2.45) is 11.8 Å². The molecule has 0 heterocycles. The van der Waals surface area contributed by atoms with Crippen LogP contribution >= 0.6 is 0 Å². The van der Waals surface area contributed by atoms with Crippen LogP contribution in [0.15, 0.2) is 0 Å². The van der Waals surface area contributed by atoms with Crippen LogP contribution in [0.1, 0.15) is 39.5 Å². The minimum atomic E-state index is -1.10. The number of hydrogen-bond donors (Lipinski definition) is 2. The molecule has 1 rings (SSSR count). The molecule has 104 valence electrons. The number of carbonyl (C=O) groups excluding carboxylic acids is 1. The molecule has 0 radical (unpaired) electrons. The van der Waals surface area contributed by atoms with Crippen LogP contribution in [0.4, 0.5) is 0 Å². The summed E-state index contributed by atoms with van der Waals surface area (Å²) in [5, 5.41) is 11.2. The molecule has 1 saturated carbocycles. The summed E-state index contributed by atoms with van der Waals surface area (Å²) in [5.41, 5.74) is 0. The summed E-state index contributed by atoms with van der Waals surface area (Å²) < 4.78 is 5.72. The molecule has 5 nitrogen and oxygen atoms in total. The molecule has 18 heavy (non-hydrogen) atoms. The van der Waals surface area contributed by atoms with Crippen molar-refractivity contribution in [3.63, 3.8) is 0 Å². The number of carbonyl (C=O) groups is 2. The minimum Gasteiger partial charge on any atom is -0.481 e. The smallest absolute Gasteiger partial charge is 0.315 e. The van der Waals surface area contributed by atoms with Crippen molar-refractivity contribution in [2.75, 3.05) is 13.2 Å². The number of ether oxygens (including phenoxy) is 1. The van der Waals surface area contributed by atoms with Gasteiger partial charge >= 0.3 is 5.97 Å². The van der Waals surface area contributed by atoms with Crippen LogP contribution in [0.5, 0.6) is 0 Å². The van der Waals surface area contributed by atoms with Gasteiger partial charge in [0.15, 0.2) is 0 Å². The summed E-state index contributed by atoms with van der Waals surface area (Å²) in [6.07, 6.45) is 5.05. The molecule has 0 spiro atoms. The predicted octanol–water partition coefficient (Wildman–Crippen LogP) is 1.42. The average Bonchev–Trinajstić information content (AvgIpc) is 2.35. The van der Waals surface area contributed by atoms with Crippen molar-refractivity contribution in [3.8, 4) is 0 Å². The largest absolute Gasteiger partial charge is 0.481 e. The number of nitrogens with one attached hydrogen (secondary N) is 1. The van der Waals surface area contributed by atoms with Gasteiger partial charge in [0.05, 0.1) is 12.7 Å². The normalized spacial score (nSPS) is 25.4. The standard InChI is InChI=1S/C13H23NO4/c1-9-5-3-4-6-11(9)18-8-7-14-12(15)10(2)13(16)17/h9-11H,3-8H2,1-2H3,(H,14,15)(H,16,17). The van der Waals surface area contributed by atoms with Gasteiger partial charge in [0.2, 0.25) is 5.91 Å². The minimum absolute atomic E-state index is 0.285. The summed E-state index contributed by atoms with van der Waals surface area (Å²) in [7, 11) is 0. The molecular formula is C13H23NO4. The lowest BCUT2D eigenvalue weighted by Gasteiger charge is -2.28. The van der Waals surface area contributed by atoms with E-state index < -0.39 is 17.8 Å². The Morgan fingerprint density at radius 1 is 1.39 bits per heavy atom. The van der Waals surface area contributed by atoms with Gasteiger partial charge in [0, 0.05) is 6.54 Å². The Labute approximate surface area is 108 Å². The maximum Gasteiger partial charge on any atom is 0.315 e. The van der Waals surface area contributed by atoms with E-state index in [1.807, 2.05) is 0 Å². The first-order valence-electron chi connectivity index (χ1n) is 6.64. The van der Waals surface area contributed by atoms with Gasteiger partial charge in [0.1, 0.15) is 5.92 Å². The Balaban J connectivity index is 2.14. The topological polar surface area (TPSA) is 75.6 Å². The number of rotatable bonds is 6. The molecule has 1 aliphatic carbocycles. The summed E-state index contributed by atoms with van der Waals surface area (Å²) in [6, 6.07) is 0. The van der Waals surface area contributed by atoms with Crippen LogP contribution in [0.2, 0.25) is 0 Å². The maximum atomic E-state index is 11.4. The number of aliphatic carboxylic acids is 1. The number of amides is 1. The fourth-order valence-corrected chi connectivity index (χ4v) is 2.18. The van der Waals surface area contributed by atoms with Crippen molar-refractivity contribution in [1.82, 2.24) is 5.32 Å². The molecule has 3 atom stereocenters. The van der Waals surface area contributed by atoms with Crippen molar-refractivity contribution >= 4 is 11.9 Å². The predicted molar refractivity (Wildman–Crippen MR) is 67.2 cm³/mol. The highest BCUT2D eigenvalue weighted by atomic mass is 16.5. The van der Waals surface area contributed by atoms with E-state index in [4.69, 9.17) is 9.84 Å². The first kappa shape index (κ1) is 15.0. The number of carboxylic acid groups (broad SMARTS) is 1. The second-order valence-electron chi connectivity index (χ2n) is 5.02. The Bertz CT molecular complexity index is 293. The van der Waals surface area contributed by atoms with Crippen LogP contribution in [0.3, 0.4) is 0 Å². The third kappa shape index (κ3) is 4.64. The Kier molecular flexibility index (Phi) is 6.12.